The van der Waals surface area contributed by atoms with E-state index < -0.39 is 0 Å². The van der Waals surface area contributed by atoms with Gasteiger partial charge < -0.3 is 9.47 Å². The van der Waals surface area contributed by atoms with E-state index in [-0.39, 0.29) is 6.04 Å². The summed E-state index contributed by atoms with van der Waals surface area (Å²) in [5.41, 5.74) is 4.86. The maximum absolute atomic E-state index is 9.10. The molecule has 0 fully saturated rings. The summed E-state index contributed by atoms with van der Waals surface area (Å²) in [6, 6.07) is 19.3. The van der Waals surface area contributed by atoms with Crippen LogP contribution in [0.4, 0.5) is 0 Å². The Hall–Kier alpha value is -2.71. The van der Waals surface area contributed by atoms with Crippen LogP contribution in [0.1, 0.15) is 33.9 Å². The van der Waals surface area contributed by atoms with Gasteiger partial charge in [0.25, 0.3) is 0 Å². The highest BCUT2D eigenvalue weighted by molar-refractivity contribution is 6.42. The van der Waals surface area contributed by atoms with Crippen LogP contribution >= 0.6 is 23.2 Å². The maximum atomic E-state index is 9.10. The Morgan fingerprint density at radius 3 is 2.39 bits per heavy atom. The zero-order valence-electron chi connectivity index (χ0n) is 17.4. The lowest BCUT2D eigenvalue weighted by atomic mass is 9.86. The molecule has 1 atom stereocenters. The van der Waals surface area contributed by atoms with Crippen molar-refractivity contribution in [1.29, 1.82) is 5.26 Å². The van der Waals surface area contributed by atoms with E-state index in [4.69, 9.17) is 37.9 Å². The molecule has 0 radical (unpaired) electrons. The molecule has 0 aliphatic carbocycles. The minimum Gasteiger partial charge on any atom is -0.496 e. The minimum absolute atomic E-state index is 0.157. The molecule has 0 saturated heterocycles. The van der Waals surface area contributed by atoms with Gasteiger partial charge in [0.15, 0.2) is 0 Å². The summed E-state index contributed by atoms with van der Waals surface area (Å²) < 4.78 is 11.4. The van der Waals surface area contributed by atoms with Crippen LogP contribution in [0.15, 0.2) is 54.6 Å². The Balaban J connectivity index is 1.86. The fourth-order valence-electron chi connectivity index (χ4n) is 4.29. The molecule has 4 nitrogen and oxygen atoms in total. The zero-order valence-corrected chi connectivity index (χ0v) is 18.9. The van der Waals surface area contributed by atoms with Gasteiger partial charge in [-0.15, -0.1) is 0 Å². The number of nitriles is 1. The van der Waals surface area contributed by atoms with Gasteiger partial charge in [0, 0.05) is 24.2 Å². The van der Waals surface area contributed by atoms with E-state index in [0.29, 0.717) is 22.2 Å². The molecule has 0 N–H and O–H groups in total. The number of methoxy groups -OCH3 is 2. The van der Waals surface area contributed by atoms with Gasteiger partial charge in [0.05, 0.1) is 41.9 Å². The first-order valence-electron chi connectivity index (χ1n) is 9.98. The summed E-state index contributed by atoms with van der Waals surface area (Å²) in [4.78, 5) is 2.36. The summed E-state index contributed by atoms with van der Waals surface area (Å²) in [7, 11) is 3.37. The molecule has 3 aromatic carbocycles. The van der Waals surface area contributed by atoms with Crippen molar-refractivity contribution in [2.75, 3.05) is 20.8 Å². The van der Waals surface area contributed by atoms with E-state index in [9.17, 15) is 0 Å². The smallest absolute Gasteiger partial charge is 0.124 e. The number of nitrogens with zero attached hydrogens (tertiary/aromatic N) is 2. The van der Waals surface area contributed by atoms with Crippen LogP contribution in [-0.4, -0.2) is 25.7 Å². The van der Waals surface area contributed by atoms with Gasteiger partial charge in [-0.1, -0.05) is 47.5 Å². The van der Waals surface area contributed by atoms with Crippen molar-refractivity contribution in [1.82, 2.24) is 4.90 Å². The average molecular weight is 453 g/mol. The largest absolute Gasteiger partial charge is 0.496 e. The molecular formula is C25H22Cl2N2O2. The van der Waals surface area contributed by atoms with Crippen LogP contribution in [0.3, 0.4) is 0 Å². The van der Waals surface area contributed by atoms with Gasteiger partial charge in [0.2, 0.25) is 0 Å². The summed E-state index contributed by atoms with van der Waals surface area (Å²) in [6.45, 7) is 1.50. The van der Waals surface area contributed by atoms with Crippen LogP contribution in [0, 0.1) is 11.3 Å². The molecule has 1 unspecified atom stereocenters. The number of halogens is 2. The Bertz CT molecular complexity index is 1140. The summed E-state index contributed by atoms with van der Waals surface area (Å²) in [6.07, 6.45) is 0.820. The van der Waals surface area contributed by atoms with Gasteiger partial charge in [-0.25, -0.2) is 0 Å². The van der Waals surface area contributed by atoms with Gasteiger partial charge in [-0.2, -0.15) is 5.26 Å². The van der Waals surface area contributed by atoms with Crippen molar-refractivity contribution < 1.29 is 9.47 Å². The summed E-state index contributed by atoms with van der Waals surface area (Å²) in [5, 5.41) is 10.2. The van der Waals surface area contributed by atoms with Gasteiger partial charge >= 0.3 is 0 Å². The van der Waals surface area contributed by atoms with Crippen molar-refractivity contribution in [2.45, 2.75) is 19.0 Å². The number of hydrogen-bond donors (Lipinski definition) is 0. The first kappa shape index (κ1) is 21.5. The molecule has 0 bridgehead atoms. The molecule has 0 aromatic heterocycles. The lowest BCUT2D eigenvalue weighted by molar-refractivity contribution is 0.198. The van der Waals surface area contributed by atoms with Crippen molar-refractivity contribution in [3.8, 4) is 17.6 Å². The number of ether oxygens (including phenoxy) is 2. The van der Waals surface area contributed by atoms with Crippen molar-refractivity contribution in [3.05, 3.63) is 92.5 Å². The van der Waals surface area contributed by atoms with E-state index in [1.54, 1.807) is 20.3 Å². The third-order valence-corrected chi connectivity index (χ3v) is 6.58. The Morgan fingerprint density at radius 2 is 1.71 bits per heavy atom. The topological polar surface area (TPSA) is 45.5 Å². The fraction of sp³-hybridized carbons (Fsp3) is 0.240. The van der Waals surface area contributed by atoms with Crippen LogP contribution in [-0.2, 0) is 13.0 Å². The van der Waals surface area contributed by atoms with Crippen molar-refractivity contribution >= 4 is 23.2 Å². The Kier molecular flexibility index (Phi) is 6.38. The van der Waals surface area contributed by atoms with E-state index in [2.05, 4.69) is 11.0 Å². The first-order valence-corrected chi connectivity index (χ1v) is 10.7. The highest BCUT2D eigenvalue weighted by Crippen LogP contribution is 2.47. The molecule has 0 saturated carbocycles. The molecule has 4 rings (SSSR count). The molecule has 31 heavy (non-hydrogen) atoms. The molecule has 1 heterocycles. The second kappa shape index (κ2) is 9.20. The van der Waals surface area contributed by atoms with E-state index >= 15 is 0 Å². The summed E-state index contributed by atoms with van der Waals surface area (Å²) in [5.74, 6) is 1.64. The van der Waals surface area contributed by atoms with Crippen LogP contribution in [0.25, 0.3) is 0 Å². The SMILES string of the molecule is COc1ccc(OC)c2c1CCN(Cc1ccc(C#N)cc1)C2c1cccc(Cl)c1Cl. The number of hydrogen-bond acceptors (Lipinski definition) is 4. The molecule has 0 amide bonds. The number of rotatable bonds is 5. The number of fused-ring (bicyclic) bond motifs is 1. The van der Waals surface area contributed by atoms with E-state index in [1.165, 1.54) is 0 Å². The highest BCUT2D eigenvalue weighted by Gasteiger charge is 2.35. The van der Waals surface area contributed by atoms with Gasteiger partial charge in [-0.05, 0) is 47.9 Å². The molecule has 1 aliphatic rings. The van der Waals surface area contributed by atoms with E-state index in [1.807, 2.05) is 48.5 Å². The maximum Gasteiger partial charge on any atom is 0.124 e. The second-order valence-electron chi connectivity index (χ2n) is 7.44. The summed E-state index contributed by atoms with van der Waals surface area (Å²) >= 11 is 13.1. The second-order valence-corrected chi connectivity index (χ2v) is 8.22. The lowest BCUT2D eigenvalue weighted by Gasteiger charge is -2.39. The predicted molar refractivity (Wildman–Crippen MR) is 123 cm³/mol. The van der Waals surface area contributed by atoms with Crippen LogP contribution in [0.5, 0.6) is 11.5 Å². The normalized spacial score (nSPS) is 15.8. The van der Waals surface area contributed by atoms with Crippen molar-refractivity contribution in [2.24, 2.45) is 0 Å². The van der Waals surface area contributed by atoms with E-state index in [0.717, 1.165) is 46.7 Å². The number of benzene rings is 3. The molecular weight excluding hydrogens is 431 g/mol. The van der Waals surface area contributed by atoms with Gasteiger partial charge in [0.1, 0.15) is 11.5 Å². The third kappa shape index (κ3) is 4.09. The highest BCUT2D eigenvalue weighted by atomic mass is 35.5. The average Bonchev–Trinajstić information content (AvgIpc) is 2.80. The zero-order chi connectivity index (χ0) is 22.0. The molecule has 1 aliphatic heterocycles. The third-order valence-electron chi connectivity index (χ3n) is 5.75. The fourth-order valence-corrected chi connectivity index (χ4v) is 4.70. The Labute approximate surface area is 192 Å². The quantitative estimate of drug-likeness (QED) is 0.473. The van der Waals surface area contributed by atoms with Crippen LogP contribution in [0.2, 0.25) is 10.0 Å². The molecule has 158 valence electrons. The van der Waals surface area contributed by atoms with Crippen molar-refractivity contribution in [3.63, 3.8) is 0 Å². The first-order chi connectivity index (χ1) is 15.1. The monoisotopic (exact) mass is 452 g/mol. The molecule has 0 spiro atoms. The lowest BCUT2D eigenvalue weighted by Crippen LogP contribution is -2.36. The molecule has 6 heteroatoms. The molecule has 3 aromatic rings. The van der Waals surface area contributed by atoms with Crippen LogP contribution < -0.4 is 9.47 Å². The standard InChI is InChI=1S/C25H22Cl2N2O2/c1-30-21-10-11-22(31-2)23-18(21)12-13-29(15-17-8-6-16(14-28)7-9-17)25(23)19-4-3-5-20(26)24(19)27/h3-11,25H,12-13,15H2,1-2H3. The minimum atomic E-state index is -0.157. The predicted octanol–water partition coefficient (Wildman–Crippen LogP) is 6.03. The Morgan fingerprint density at radius 1 is 1.00 bits per heavy atom. The van der Waals surface area contributed by atoms with Gasteiger partial charge in [-0.3, -0.25) is 4.90 Å².